The smallest absolute Gasteiger partial charge is 0.254 e. The van der Waals surface area contributed by atoms with Gasteiger partial charge in [-0.05, 0) is 55.5 Å². The summed E-state index contributed by atoms with van der Waals surface area (Å²) in [4.78, 5) is 19.6. The molecule has 0 bridgehead atoms. The number of carbonyl (C=O) groups is 1. The van der Waals surface area contributed by atoms with Crippen LogP contribution in [0, 0.1) is 0 Å². The van der Waals surface area contributed by atoms with Gasteiger partial charge in [0.1, 0.15) is 0 Å². The van der Waals surface area contributed by atoms with E-state index in [1.165, 1.54) is 5.56 Å². The van der Waals surface area contributed by atoms with Gasteiger partial charge in [0.25, 0.3) is 5.91 Å². The van der Waals surface area contributed by atoms with Crippen LogP contribution in [0.1, 0.15) is 40.9 Å². The minimum Gasteiger partial charge on any atom is -0.385 e. The zero-order chi connectivity index (χ0) is 15.6. The molecule has 126 valence electrons. The van der Waals surface area contributed by atoms with E-state index in [9.17, 15) is 4.79 Å². The molecule has 1 amide bonds. The topological polar surface area (TPSA) is 45.2 Å². The minimum absolute atomic E-state index is 0. The number of aromatic nitrogens is 1. The van der Waals surface area contributed by atoms with Crippen molar-refractivity contribution in [1.29, 1.82) is 0 Å². The van der Waals surface area contributed by atoms with E-state index in [-0.39, 0.29) is 18.3 Å². The molecule has 2 aliphatic rings. The van der Waals surface area contributed by atoms with Crippen LogP contribution < -0.4 is 5.32 Å². The van der Waals surface area contributed by atoms with Crippen molar-refractivity contribution in [2.45, 2.75) is 38.3 Å². The fraction of sp³-hybridized carbons (Fsp3) is 0.368. The molecule has 0 unspecified atom stereocenters. The summed E-state index contributed by atoms with van der Waals surface area (Å²) in [7, 11) is 0. The van der Waals surface area contributed by atoms with E-state index in [4.69, 9.17) is 0 Å². The maximum atomic E-state index is 13.2. The molecule has 0 saturated heterocycles. The van der Waals surface area contributed by atoms with Gasteiger partial charge in [-0.1, -0.05) is 12.1 Å². The van der Waals surface area contributed by atoms with Gasteiger partial charge in [-0.15, -0.1) is 12.4 Å². The number of hydrogen-bond donors (Lipinski definition) is 1. The van der Waals surface area contributed by atoms with Crippen LogP contribution in [0.2, 0.25) is 0 Å². The van der Waals surface area contributed by atoms with Crippen LogP contribution in [0.5, 0.6) is 0 Å². The van der Waals surface area contributed by atoms with Crippen LogP contribution in [0.15, 0.2) is 42.6 Å². The lowest BCUT2D eigenvalue weighted by Gasteiger charge is -2.26. The van der Waals surface area contributed by atoms with Gasteiger partial charge >= 0.3 is 0 Å². The second-order valence-electron chi connectivity index (χ2n) is 6.35. The first-order valence-electron chi connectivity index (χ1n) is 8.39. The van der Waals surface area contributed by atoms with E-state index in [0.29, 0.717) is 12.6 Å². The first-order chi connectivity index (χ1) is 11.3. The van der Waals surface area contributed by atoms with Gasteiger partial charge in [-0.25, -0.2) is 0 Å². The first-order valence-corrected chi connectivity index (χ1v) is 8.39. The van der Waals surface area contributed by atoms with E-state index < -0.39 is 0 Å². The maximum Gasteiger partial charge on any atom is 0.254 e. The van der Waals surface area contributed by atoms with Crippen molar-refractivity contribution in [3.05, 3.63) is 59.4 Å². The van der Waals surface area contributed by atoms with Crippen LogP contribution in [0.4, 0.5) is 5.69 Å². The van der Waals surface area contributed by atoms with E-state index >= 15 is 0 Å². The predicted octanol–water partition coefficient (Wildman–Crippen LogP) is 3.67. The largest absolute Gasteiger partial charge is 0.385 e. The number of fused-ring (bicyclic) bond motifs is 1. The molecule has 5 heteroatoms. The minimum atomic E-state index is 0. The third-order valence-electron chi connectivity index (χ3n) is 4.63. The SMILES string of the molecule is Cl.O=C(c1cccc2c1CCCN2)N(Cc1ccccn1)C1CC1. The van der Waals surface area contributed by atoms with Crippen LogP contribution in [0.3, 0.4) is 0 Å². The molecule has 4 rings (SSSR count). The van der Waals surface area contributed by atoms with Gasteiger partial charge in [0.15, 0.2) is 0 Å². The molecular weight excluding hydrogens is 322 g/mol. The lowest BCUT2D eigenvalue weighted by Crippen LogP contribution is -2.34. The Hall–Kier alpha value is -2.07. The number of rotatable bonds is 4. The van der Waals surface area contributed by atoms with Gasteiger partial charge in [0.05, 0.1) is 12.2 Å². The highest BCUT2D eigenvalue weighted by atomic mass is 35.5. The normalized spacial score (nSPS) is 15.7. The summed E-state index contributed by atoms with van der Waals surface area (Å²) in [6.07, 6.45) is 6.06. The van der Waals surface area contributed by atoms with E-state index in [0.717, 1.165) is 49.2 Å². The summed E-state index contributed by atoms with van der Waals surface area (Å²) < 4.78 is 0. The molecule has 24 heavy (non-hydrogen) atoms. The zero-order valence-corrected chi connectivity index (χ0v) is 14.4. The molecule has 0 atom stereocenters. The highest BCUT2D eigenvalue weighted by molar-refractivity contribution is 5.97. The average molecular weight is 344 g/mol. The number of benzene rings is 1. The van der Waals surface area contributed by atoms with Gasteiger partial charge < -0.3 is 10.2 Å². The Morgan fingerprint density at radius 2 is 2.08 bits per heavy atom. The second-order valence-corrected chi connectivity index (χ2v) is 6.35. The molecule has 0 spiro atoms. The molecule has 1 fully saturated rings. The van der Waals surface area contributed by atoms with Crippen LogP contribution in [-0.4, -0.2) is 28.4 Å². The summed E-state index contributed by atoms with van der Waals surface area (Å²) in [6, 6.07) is 12.3. The Morgan fingerprint density at radius 1 is 1.21 bits per heavy atom. The summed E-state index contributed by atoms with van der Waals surface area (Å²) in [5.41, 5.74) is 4.11. The van der Waals surface area contributed by atoms with Crippen molar-refractivity contribution in [3.8, 4) is 0 Å². The van der Waals surface area contributed by atoms with E-state index in [1.807, 2.05) is 35.2 Å². The van der Waals surface area contributed by atoms with Crippen LogP contribution in [-0.2, 0) is 13.0 Å². The molecule has 1 aromatic heterocycles. The Morgan fingerprint density at radius 3 is 2.83 bits per heavy atom. The highest BCUT2D eigenvalue weighted by Crippen LogP contribution is 2.32. The van der Waals surface area contributed by atoms with E-state index in [2.05, 4.69) is 16.4 Å². The molecule has 0 radical (unpaired) electrons. The van der Waals surface area contributed by atoms with Crippen molar-refractivity contribution < 1.29 is 4.79 Å². The molecule has 1 aliphatic heterocycles. The molecule has 2 heterocycles. The summed E-state index contributed by atoms with van der Waals surface area (Å²) in [6.45, 7) is 1.59. The van der Waals surface area contributed by atoms with E-state index in [1.54, 1.807) is 6.20 Å². The first kappa shape index (κ1) is 16.8. The number of pyridine rings is 1. The fourth-order valence-electron chi connectivity index (χ4n) is 3.28. The predicted molar refractivity (Wildman–Crippen MR) is 97.6 cm³/mol. The zero-order valence-electron chi connectivity index (χ0n) is 13.6. The van der Waals surface area contributed by atoms with Crippen molar-refractivity contribution in [2.24, 2.45) is 0 Å². The Bertz CT molecular complexity index is 716. The van der Waals surface area contributed by atoms with Crippen molar-refractivity contribution in [3.63, 3.8) is 0 Å². The van der Waals surface area contributed by atoms with Gasteiger partial charge in [-0.2, -0.15) is 0 Å². The summed E-state index contributed by atoms with van der Waals surface area (Å²) >= 11 is 0. The Balaban J connectivity index is 0.00000169. The third-order valence-corrected chi connectivity index (χ3v) is 4.63. The van der Waals surface area contributed by atoms with Crippen LogP contribution >= 0.6 is 12.4 Å². The lowest BCUT2D eigenvalue weighted by molar-refractivity contribution is 0.0726. The van der Waals surface area contributed by atoms with Gasteiger partial charge in [0.2, 0.25) is 0 Å². The molecule has 1 N–H and O–H groups in total. The number of nitrogens with zero attached hydrogens (tertiary/aromatic N) is 2. The maximum absolute atomic E-state index is 13.2. The summed E-state index contributed by atoms with van der Waals surface area (Å²) in [5.74, 6) is 0.152. The van der Waals surface area contributed by atoms with Gasteiger partial charge in [0, 0.05) is 30.0 Å². The number of nitrogens with one attached hydrogen (secondary N) is 1. The molecule has 4 nitrogen and oxygen atoms in total. The number of anilines is 1. The molecule has 1 saturated carbocycles. The quantitative estimate of drug-likeness (QED) is 0.921. The lowest BCUT2D eigenvalue weighted by atomic mass is 9.96. The van der Waals surface area contributed by atoms with Crippen LogP contribution in [0.25, 0.3) is 0 Å². The monoisotopic (exact) mass is 343 g/mol. The van der Waals surface area contributed by atoms with Gasteiger partial charge in [-0.3, -0.25) is 9.78 Å². The highest BCUT2D eigenvalue weighted by Gasteiger charge is 2.34. The second kappa shape index (κ2) is 7.22. The molecule has 1 aliphatic carbocycles. The Kier molecular flexibility index (Phi) is 5.05. The number of hydrogen-bond acceptors (Lipinski definition) is 3. The molecule has 1 aromatic carbocycles. The standard InChI is InChI=1S/C19H21N3O.ClH/c23-19(17-6-3-8-18-16(17)7-4-12-21-18)22(15-9-10-15)13-14-5-1-2-11-20-14;/h1-3,5-6,8,11,15,21H,4,7,9-10,12-13H2;1H. The number of halogens is 1. The molecular formula is C19H22ClN3O. The van der Waals surface area contributed by atoms with Crippen molar-refractivity contribution >= 4 is 24.0 Å². The van der Waals surface area contributed by atoms with Crippen molar-refractivity contribution in [2.75, 3.05) is 11.9 Å². The van der Waals surface area contributed by atoms with Crippen molar-refractivity contribution in [1.82, 2.24) is 9.88 Å². The fourth-order valence-corrected chi connectivity index (χ4v) is 3.28. The molecule has 2 aromatic rings. The third kappa shape index (κ3) is 3.39. The number of carbonyl (C=O) groups excluding carboxylic acids is 1. The Labute approximate surface area is 148 Å². The summed E-state index contributed by atoms with van der Waals surface area (Å²) in [5, 5.41) is 3.41. The number of amides is 1. The average Bonchev–Trinajstić information content (AvgIpc) is 3.44.